The maximum Gasteiger partial charge on any atom is 0.416 e. The Morgan fingerprint density at radius 1 is 1.24 bits per heavy atom. The lowest BCUT2D eigenvalue weighted by molar-refractivity contribution is -0.137. The van der Waals surface area contributed by atoms with Gasteiger partial charge in [-0.1, -0.05) is 6.07 Å². The van der Waals surface area contributed by atoms with Gasteiger partial charge in [-0.3, -0.25) is 9.48 Å². The van der Waals surface area contributed by atoms with Gasteiger partial charge in [-0.05, 0) is 38.1 Å². The minimum absolute atomic E-state index is 0.299. The Kier molecular flexibility index (Phi) is 5.58. The summed E-state index contributed by atoms with van der Waals surface area (Å²) in [5.41, 5.74) is 1.72. The summed E-state index contributed by atoms with van der Waals surface area (Å²) >= 11 is 0. The number of alkyl halides is 3. The van der Waals surface area contributed by atoms with E-state index >= 15 is 0 Å². The Morgan fingerprint density at radius 3 is 2.66 bits per heavy atom. The molecule has 0 saturated heterocycles. The maximum atomic E-state index is 13.0. The first-order valence-electron chi connectivity index (χ1n) is 8.84. The van der Waals surface area contributed by atoms with Crippen LogP contribution < -0.4 is 5.32 Å². The molecule has 1 aromatic carbocycles. The van der Waals surface area contributed by atoms with Crippen molar-refractivity contribution < 1.29 is 18.0 Å². The number of nitrogens with zero attached hydrogens (tertiary/aromatic N) is 4. The van der Waals surface area contributed by atoms with E-state index in [2.05, 4.69) is 15.5 Å². The number of nitrogens with one attached hydrogen (secondary N) is 1. The molecule has 2 aromatic heterocycles. The summed E-state index contributed by atoms with van der Waals surface area (Å²) in [7, 11) is 1.78. The molecule has 3 aromatic rings. The fraction of sp³-hybridized carbons (Fsp3) is 0.250. The molecule has 0 fully saturated rings. The van der Waals surface area contributed by atoms with Gasteiger partial charge in [-0.15, -0.1) is 0 Å². The number of rotatable bonds is 5. The van der Waals surface area contributed by atoms with Gasteiger partial charge in [0.2, 0.25) is 5.91 Å². The van der Waals surface area contributed by atoms with Crippen LogP contribution in [0.1, 0.15) is 35.3 Å². The Morgan fingerprint density at radius 2 is 2.00 bits per heavy atom. The van der Waals surface area contributed by atoms with Crippen molar-refractivity contribution in [1.82, 2.24) is 24.9 Å². The Balaban J connectivity index is 1.75. The normalized spacial score (nSPS) is 13.0. The van der Waals surface area contributed by atoms with E-state index in [9.17, 15) is 18.0 Å². The third kappa shape index (κ3) is 4.74. The minimum Gasteiger partial charge on any atom is -0.346 e. The first-order chi connectivity index (χ1) is 13.6. The average molecular weight is 403 g/mol. The lowest BCUT2D eigenvalue weighted by atomic mass is 10.1. The number of hydrogen-bond acceptors (Lipinski definition) is 3. The van der Waals surface area contributed by atoms with Gasteiger partial charge in [0.1, 0.15) is 0 Å². The summed E-state index contributed by atoms with van der Waals surface area (Å²) in [4.78, 5) is 12.2. The zero-order valence-corrected chi connectivity index (χ0v) is 16.1. The van der Waals surface area contributed by atoms with Crippen molar-refractivity contribution in [2.75, 3.05) is 0 Å². The van der Waals surface area contributed by atoms with Crippen molar-refractivity contribution in [2.45, 2.75) is 26.1 Å². The van der Waals surface area contributed by atoms with Gasteiger partial charge in [-0.25, -0.2) is 4.68 Å². The highest BCUT2D eigenvalue weighted by atomic mass is 19.4. The van der Waals surface area contributed by atoms with E-state index in [1.54, 1.807) is 56.3 Å². The molecule has 1 amide bonds. The monoisotopic (exact) mass is 403 g/mol. The molecule has 152 valence electrons. The number of benzene rings is 1. The SMILES string of the molecule is Cc1c([C@@H](C)NC(=O)/C=C/c2cnn(C)c2)cnn1-c1cccc(C(F)(F)F)c1. The van der Waals surface area contributed by atoms with Crippen molar-refractivity contribution in [3.63, 3.8) is 0 Å². The van der Waals surface area contributed by atoms with E-state index in [0.717, 1.165) is 17.7 Å². The van der Waals surface area contributed by atoms with E-state index in [4.69, 9.17) is 0 Å². The van der Waals surface area contributed by atoms with Crippen LogP contribution in [-0.2, 0) is 18.0 Å². The van der Waals surface area contributed by atoms with Gasteiger partial charge < -0.3 is 5.32 Å². The summed E-state index contributed by atoms with van der Waals surface area (Å²) in [5.74, 6) is -0.299. The number of halogens is 3. The van der Waals surface area contributed by atoms with Crippen LogP contribution in [0, 0.1) is 6.92 Å². The lowest BCUT2D eigenvalue weighted by Gasteiger charge is -2.13. The van der Waals surface area contributed by atoms with Crippen LogP contribution in [0.2, 0.25) is 0 Å². The molecule has 0 aliphatic heterocycles. The summed E-state index contributed by atoms with van der Waals surface area (Å²) in [6.45, 7) is 3.53. The standard InChI is InChI=1S/C20H20F3N5O/c1-13(26-19(29)8-7-15-10-24-27(3)12-15)18-11-25-28(14(18)2)17-6-4-5-16(9-17)20(21,22)23/h4-13H,1-3H3,(H,26,29)/b8-7+/t13-/m1/s1. The smallest absolute Gasteiger partial charge is 0.346 e. The molecule has 0 spiro atoms. The first-order valence-corrected chi connectivity index (χ1v) is 8.84. The molecule has 3 rings (SSSR count). The largest absolute Gasteiger partial charge is 0.416 e. The van der Waals surface area contributed by atoms with E-state index in [-0.39, 0.29) is 11.9 Å². The van der Waals surface area contributed by atoms with Crippen molar-refractivity contribution in [1.29, 1.82) is 0 Å². The first kappa shape index (κ1) is 20.4. The average Bonchev–Trinajstić information content (AvgIpc) is 3.25. The predicted octanol–water partition coefficient (Wildman–Crippen LogP) is 3.82. The van der Waals surface area contributed by atoms with Gasteiger partial charge in [0.15, 0.2) is 0 Å². The lowest BCUT2D eigenvalue weighted by Crippen LogP contribution is -2.25. The molecule has 9 heteroatoms. The summed E-state index contributed by atoms with van der Waals surface area (Å²) in [5, 5.41) is 11.1. The van der Waals surface area contributed by atoms with Crippen LogP contribution in [0.5, 0.6) is 0 Å². The van der Waals surface area contributed by atoms with Crippen LogP contribution in [0.4, 0.5) is 13.2 Å². The van der Waals surface area contributed by atoms with Gasteiger partial charge in [0.25, 0.3) is 0 Å². The highest BCUT2D eigenvalue weighted by molar-refractivity contribution is 5.91. The third-order valence-corrected chi connectivity index (χ3v) is 4.44. The quantitative estimate of drug-likeness (QED) is 0.659. The molecule has 0 radical (unpaired) electrons. The molecular weight excluding hydrogens is 383 g/mol. The summed E-state index contributed by atoms with van der Waals surface area (Å²) < 4.78 is 42.0. The third-order valence-electron chi connectivity index (χ3n) is 4.44. The molecular formula is C20H20F3N5O. The summed E-state index contributed by atoms with van der Waals surface area (Å²) in [6, 6.07) is 4.58. The van der Waals surface area contributed by atoms with E-state index in [1.807, 2.05) is 0 Å². The van der Waals surface area contributed by atoms with Crippen LogP contribution in [0.25, 0.3) is 11.8 Å². The Hall–Kier alpha value is -3.36. The van der Waals surface area contributed by atoms with E-state index < -0.39 is 11.7 Å². The molecule has 6 nitrogen and oxygen atoms in total. The molecule has 1 N–H and O–H groups in total. The second kappa shape index (κ2) is 7.94. The molecule has 2 heterocycles. The number of hydrogen-bond donors (Lipinski definition) is 1. The van der Waals surface area contributed by atoms with Crippen LogP contribution in [0.3, 0.4) is 0 Å². The predicted molar refractivity (Wildman–Crippen MR) is 102 cm³/mol. The van der Waals surface area contributed by atoms with Crippen molar-refractivity contribution in [3.8, 4) is 5.69 Å². The van der Waals surface area contributed by atoms with Gasteiger partial charge in [-0.2, -0.15) is 23.4 Å². The van der Waals surface area contributed by atoms with Crippen molar-refractivity contribution >= 4 is 12.0 Å². The maximum absolute atomic E-state index is 13.0. The highest BCUT2D eigenvalue weighted by Crippen LogP contribution is 2.31. The second-order valence-corrected chi connectivity index (χ2v) is 6.66. The zero-order valence-electron chi connectivity index (χ0n) is 16.1. The summed E-state index contributed by atoms with van der Waals surface area (Å²) in [6.07, 6.45) is 3.58. The number of carbonyl (C=O) groups is 1. The molecule has 0 aliphatic rings. The molecule has 1 atom stereocenters. The highest BCUT2D eigenvalue weighted by Gasteiger charge is 2.30. The molecule has 0 saturated carbocycles. The van der Waals surface area contributed by atoms with Crippen molar-refractivity contribution in [2.24, 2.45) is 7.05 Å². The van der Waals surface area contributed by atoms with Gasteiger partial charge >= 0.3 is 6.18 Å². The topological polar surface area (TPSA) is 64.7 Å². The molecule has 29 heavy (non-hydrogen) atoms. The minimum atomic E-state index is -4.43. The number of carbonyl (C=O) groups excluding carboxylic acids is 1. The number of aromatic nitrogens is 4. The number of amides is 1. The Labute approximate surface area is 165 Å². The molecule has 0 unspecified atom stereocenters. The fourth-order valence-corrected chi connectivity index (χ4v) is 2.96. The van der Waals surface area contributed by atoms with Gasteiger partial charge in [0.05, 0.1) is 29.7 Å². The van der Waals surface area contributed by atoms with E-state index in [0.29, 0.717) is 16.9 Å². The fourth-order valence-electron chi connectivity index (χ4n) is 2.96. The Bertz CT molecular complexity index is 1050. The molecule has 0 aliphatic carbocycles. The van der Waals surface area contributed by atoms with Crippen molar-refractivity contribution in [3.05, 3.63) is 71.3 Å². The molecule has 0 bridgehead atoms. The van der Waals surface area contributed by atoms with Crippen LogP contribution >= 0.6 is 0 Å². The van der Waals surface area contributed by atoms with Crippen LogP contribution in [-0.4, -0.2) is 25.5 Å². The van der Waals surface area contributed by atoms with E-state index in [1.165, 1.54) is 16.8 Å². The number of aryl methyl sites for hydroxylation is 1. The second-order valence-electron chi connectivity index (χ2n) is 6.66. The van der Waals surface area contributed by atoms with Gasteiger partial charge in [0, 0.05) is 36.1 Å². The zero-order chi connectivity index (χ0) is 21.2. The van der Waals surface area contributed by atoms with Crippen LogP contribution in [0.15, 0.2) is 48.9 Å².